The molecule has 0 atom stereocenters. The minimum Gasteiger partial charge on any atom is -0.252 e. The number of rotatable bonds is 3. The van der Waals surface area contributed by atoms with Gasteiger partial charge in [-0.3, -0.25) is 4.68 Å². The van der Waals surface area contributed by atoms with Crippen molar-refractivity contribution in [2.45, 2.75) is 26.2 Å². The highest BCUT2D eigenvalue weighted by molar-refractivity contribution is 14.1. The van der Waals surface area contributed by atoms with E-state index in [1.807, 2.05) is 11.7 Å². The van der Waals surface area contributed by atoms with E-state index in [0.29, 0.717) is 0 Å². The zero-order valence-corrected chi connectivity index (χ0v) is 9.00. The minimum atomic E-state index is 0.844. The first-order valence-corrected chi connectivity index (χ1v) is 4.87. The Hall–Kier alpha value is -0.130. The fourth-order valence-electron chi connectivity index (χ4n) is 0.935. The third kappa shape index (κ3) is 2.43. The van der Waals surface area contributed by atoms with Crippen LogP contribution in [0, 0.1) is 3.83 Å². The molecule has 0 unspecified atom stereocenters. The van der Waals surface area contributed by atoms with Crippen molar-refractivity contribution < 1.29 is 0 Å². The average Bonchev–Trinajstić information content (AvgIpc) is 2.26. The molecule has 0 saturated carbocycles. The predicted octanol–water partition coefficient (Wildman–Crippen LogP) is 1.76. The lowest BCUT2D eigenvalue weighted by Crippen LogP contribution is -1.98. The standard InChI is InChI=1S/C7H12IN3/c1-3-4-5-6-9-7(8)10-11(6)2/h3-5H2,1-2H3. The van der Waals surface area contributed by atoms with Gasteiger partial charge in [0.1, 0.15) is 5.82 Å². The van der Waals surface area contributed by atoms with Crippen molar-refractivity contribution >= 4 is 22.6 Å². The molecule has 0 spiro atoms. The highest BCUT2D eigenvalue weighted by Crippen LogP contribution is 2.03. The summed E-state index contributed by atoms with van der Waals surface area (Å²) in [6.45, 7) is 2.18. The molecular formula is C7H12IN3. The summed E-state index contributed by atoms with van der Waals surface area (Å²) in [4.78, 5) is 4.29. The third-order valence-corrected chi connectivity index (χ3v) is 2.04. The van der Waals surface area contributed by atoms with E-state index in [4.69, 9.17) is 0 Å². The Bertz CT molecular complexity index is 232. The van der Waals surface area contributed by atoms with Gasteiger partial charge < -0.3 is 0 Å². The molecule has 0 N–H and O–H groups in total. The van der Waals surface area contributed by atoms with Crippen LogP contribution in [0.15, 0.2) is 0 Å². The number of aryl methyl sites for hydroxylation is 2. The van der Waals surface area contributed by atoms with Gasteiger partial charge in [0.2, 0.25) is 3.83 Å². The topological polar surface area (TPSA) is 30.7 Å². The van der Waals surface area contributed by atoms with Crippen LogP contribution in [0.3, 0.4) is 0 Å². The lowest BCUT2D eigenvalue weighted by Gasteiger charge is -1.95. The molecule has 0 fully saturated rings. The lowest BCUT2D eigenvalue weighted by atomic mass is 10.2. The van der Waals surface area contributed by atoms with Crippen LogP contribution < -0.4 is 0 Å². The average molecular weight is 265 g/mol. The molecule has 0 aromatic carbocycles. The van der Waals surface area contributed by atoms with E-state index in [2.05, 4.69) is 39.6 Å². The first-order chi connectivity index (χ1) is 5.24. The largest absolute Gasteiger partial charge is 0.252 e. The van der Waals surface area contributed by atoms with Crippen LogP contribution in [0.25, 0.3) is 0 Å². The number of hydrogen-bond acceptors (Lipinski definition) is 2. The molecule has 11 heavy (non-hydrogen) atoms. The summed E-state index contributed by atoms with van der Waals surface area (Å²) in [5.74, 6) is 1.09. The van der Waals surface area contributed by atoms with Gasteiger partial charge in [0.25, 0.3) is 0 Å². The highest BCUT2D eigenvalue weighted by Gasteiger charge is 2.02. The van der Waals surface area contributed by atoms with Crippen LogP contribution >= 0.6 is 22.6 Å². The molecular weight excluding hydrogens is 253 g/mol. The van der Waals surface area contributed by atoms with Gasteiger partial charge >= 0.3 is 0 Å². The predicted molar refractivity (Wildman–Crippen MR) is 52.3 cm³/mol. The van der Waals surface area contributed by atoms with Crippen LogP contribution in [-0.4, -0.2) is 14.8 Å². The summed E-state index contributed by atoms with van der Waals surface area (Å²) < 4.78 is 2.70. The third-order valence-electron chi connectivity index (χ3n) is 1.58. The normalized spacial score (nSPS) is 10.5. The molecule has 1 aromatic rings. The number of halogens is 1. The van der Waals surface area contributed by atoms with Crippen molar-refractivity contribution in [3.8, 4) is 0 Å². The second-order valence-electron chi connectivity index (χ2n) is 2.52. The van der Waals surface area contributed by atoms with Gasteiger partial charge in [-0.2, -0.15) is 0 Å². The number of nitrogens with zero attached hydrogens (tertiary/aromatic N) is 3. The summed E-state index contributed by atoms with van der Waals surface area (Å²) in [7, 11) is 1.94. The van der Waals surface area contributed by atoms with Gasteiger partial charge in [0, 0.05) is 36.1 Å². The number of unbranched alkanes of at least 4 members (excludes halogenated alkanes) is 1. The fourth-order valence-corrected chi connectivity index (χ4v) is 1.54. The molecule has 0 saturated heterocycles. The highest BCUT2D eigenvalue weighted by atomic mass is 127. The van der Waals surface area contributed by atoms with E-state index in [9.17, 15) is 0 Å². The van der Waals surface area contributed by atoms with Gasteiger partial charge in [-0.25, -0.2) is 4.98 Å². The molecule has 0 amide bonds. The Morgan fingerprint density at radius 2 is 2.27 bits per heavy atom. The first-order valence-electron chi connectivity index (χ1n) is 3.79. The van der Waals surface area contributed by atoms with E-state index in [0.717, 1.165) is 16.1 Å². The van der Waals surface area contributed by atoms with Crippen molar-refractivity contribution in [3.63, 3.8) is 0 Å². The van der Waals surface area contributed by atoms with Crippen molar-refractivity contribution in [3.05, 3.63) is 9.66 Å². The maximum Gasteiger partial charge on any atom is 0.211 e. The lowest BCUT2D eigenvalue weighted by molar-refractivity contribution is 0.663. The molecule has 1 rings (SSSR count). The van der Waals surface area contributed by atoms with Crippen LogP contribution in [0.2, 0.25) is 0 Å². The van der Waals surface area contributed by atoms with Crippen molar-refractivity contribution in [1.82, 2.24) is 14.8 Å². The van der Waals surface area contributed by atoms with Crippen LogP contribution in [0.4, 0.5) is 0 Å². The summed E-state index contributed by atoms with van der Waals surface area (Å²) in [6, 6.07) is 0. The van der Waals surface area contributed by atoms with Gasteiger partial charge in [-0.15, -0.1) is 5.10 Å². The number of hydrogen-bond donors (Lipinski definition) is 0. The Kier molecular flexibility index (Phi) is 3.29. The van der Waals surface area contributed by atoms with E-state index < -0.39 is 0 Å². The Morgan fingerprint density at radius 3 is 2.73 bits per heavy atom. The summed E-state index contributed by atoms with van der Waals surface area (Å²) in [6.07, 6.45) is 3.45. The van der Waals surface area contributed by atoms with E-state index in [1.165, 1.54) is 12.8 Å². The summed E-state index contributed by atoms with van der Waals surface area (Å²) in [5, 5.41) is 4.16. The van der Waals surface area contributed by atoms with E-state index in [-0.39, 0.29) is 0 Å². The van der Waals surface area contributed by atoms with Gasteiger partial charge in [-0.1, -0.05) is 13.3 Å². The molecule has 62 valence electrons. The Balaban J connectivity index is 2.62. The second kappa shape index (κ2) is 4.04. The monoisotopic (exact) mass is 265 g/mol. The smallest absolute Gasteiger partial charge is 0.211 e. The summed E-state index contributed by atoms with van der Waals surface area (Å²) in [5.41, 5.74) is 0. The Labute approximate surface area is 80.3 Å². The molecule has 1 heterocycles. The fraction of sp³-hybridized carbons (Fsp3) is 0.714. The first kappa shape index (κ1) is 8.96. The molecule has 0 aliphatic carbocycles. The SMILES string of the molecule is CCCCc1nc(I)nn1C. The minimum absolute atomic E-state index is 0.844. The maximum absolute atomic E-state index is 4.29. The summed E-state index contributed by atoms with van der Waals surface area (Å²) >= 11 is 2.13. The molecule has 0 radical (unpaired) electrons. The molecule has 1 aromatic heterocycles. The van der Waals surface area contributed by atoms with Crippen molar-refractivity contribution in [2.75, 3.05) is 0 Å². The van der Waals surface area contributed by atoms with E-state index >= 15 is 0 Å². The van der Waals surface area contributed by atoms with Crippen LogP contribution in [-0.2, 0) is 13.5 Å². The number of aromatic nitrogens is 3. The molecule has 0 aliphatic rings. The van der Waals surface area contributed by atoms with Crippen LogP contribution in [0.1, 0.15) is 25.6 Å². The van der Waals surface area contributed by atoms with E-state index in [1.54, 1.807) is 0 Å². The molecule has 3 nitrogen and oxygen atoms in total. The molecule has 0 aliphatic heterocycles. The van der Waals surface area contributed by atoms with Gasteiger partial charge in [0.15, 0.2) is 0 Å². The Morgan fingerprint density at radius 1 is 1.55 bits per heavy atom. The zero-order valence-electron chi connectivity index (χ0n) is 6.84. The zero-order chi connectivity index (χ0) is 8.27. The van der Waals surface area contributed by atoms with Gasteiger partial charge in [0.05, 0.1) is 0 Å². The maximum atomic E-state index is 4.29. The van der Waals surface area contributed by atoms with Crippen molar-refractivity contribution in [2.24, 2.45) is 7.05 Å². The quantitative estimate of drug-likeness (QED) is 0.780. The second-order valence-corrected chi connectivity index (χ2v) is 3.49. The van der Waals surface area contributed by atoms with Gasteiger partial charge in [-0.05, 0) is 6.42 Å². The van der Waals surface area contributed by atoms with Crippen LogP contribution in [0.5, 0.6) is 0 Å². The molecule has 0 bridgehead atoms. The molecule has 4 heteroatoms. The van der Waals surface area contributed by atoms with Crippen molar-refractivity contribution in [1.29, 1.82) is 0 Å².